The summed E-state index contributed by atoms with van der Waals surface area (Å²) in [6, 6.07) is 6.26. The zero-order valence-corrected chi connectivity index (χ0v) is 16.0. The molecule has 2 N–H and O–H groups in total. The van der Waals surface area contributed by atoms with Crippen molar-refractivity contribution in [2.75, 3.05) is 18.5 Å². The lowest BCUT2D eigenvalue weighted by atomic mass is 10.2. The third-order valence-corrected chi connectivity index (χ3v) is 5.08. The van der Waals surface area contributed by atoms with E-state index in [1.165, 1.54) is 36.5 Å². The van der Waals surface area contributed by atoms with Gasteiger partial charge in [-0.3, -0.25) is 5.32 Å². The SMILES string of the molecule is C=CCNC(=O)Nc1nccc(S(=O)(=O)c2ccccc2C(=O)OCCC)n1. The molecule has 0 bridgehead atoms. The summed E-state index contributed by atoms with van der Waals surface area (Å²) in [6.45, 7) is 5.69. The van der Waals surface area contributed by atoms with E-state index in [0.29, 0.717) is 6.42 Å². The fraction of sp³-hybridized carbons (Fsp3) is 0.222. The summed E-state index contributed by atoms with van der Waals surface area (Å²) >= 11 is 0. The largest absolute Gasteiger partial charge is 0.462 e. The topological polar surface area (TPSA) is 127 Å². The smallest absolute Gasteiger partial charge is 0.339 e. The fourth-order valence-electron chi connectivity index (χ4n) is 2.12. The number of urea groups is 1. The Bertz CT molecular complexity index is 975. The highest BCUT2D eigenvalue weighted by atomic mass is 32.2. The predicted octanol–water partition coefficient (Wildman–Crippen LogP) is 2.18. The van der Waals surface area contributed by atoms with Crippen LogP contribution in [-0.4, -0.2) is 43.5 Å². The number of amides is 2. The number of ether oxygens (including phenoxy) is 1. The molecule has 0 atom stereocenters. The van der Waals surface area contributed by atoms with Crippen molar-refractivity contribution in [3.05, 3.63) is 54.7 Å². The summed E-state index contributed by atoms with van der Waals surface area (Å²) in [5.74, 6) is -0.939. The molecule has 2 rings (SSSR count). The number of hydrogen-bond donors (Lipinski definition) is 2. The number of nitrogens with one attached hydrogen (secondary N) is 2. The minimum Gasteiger partial charge on any atom is -0.462 e. The highest BCUT2D eigenvalue weighted by Gasteiger charge is 2.26. The number of nitrogens with zero attached hydrogens (tertiary/aromatic N) is 2. The number of benzene rings is 1. The number of anilines is 1. The molecule has 2 amide bonds. The molecule has 1 heterocycles. The lowest BCUT2D eigenvalue weighted by Crippen LogP contribution is -2.29. The van der Waals surface area contributed by atoms with Crippen LogP contribution in [0.4, 0.5) is 10.7 Å². The van der Waals surface area contributed by atoms with Gasteiger partial charge < -0.3 is 10.1 Å². The molecule has 0 unspecified atom stereocenters. The van der Waals surface area contributed by atoms with E-state index >= 15 is 0 Å². The molecule has 1 aromatic carbocycles. The first kappa shape index (κ1) is 21.0. The number of carbonyl (C=O) groups excluding carboxylic acids is 2. The van der Waals surface area contributed by atoms with Gasteiger partial charge in [0.05, 0.1) is 17.1 Å². The van der Waals surface area contributed by atoms with Gasteiger partial charge in [0, 0.05) is 12.7 Å². The maximum Gasteiger partial charge on any atom is 0.339 e. The van der Waals surface area contributed by atoms with Gasteiger partial charge >= 0.3 is 12.0 Å². The molecule has 0 aliphatic carbocycles. The Morgan fingerprint density at radius 2 is 2.00 bits per heavy atom. The highest BCUT2D eigenvalue weighted by Crippen LogP contribution is 2.24. The Morgan fingerprint density at radius 1 is 1.25 bits per heavy atom. The second-order valence-electron chi connectivity index (χ2n) is 5.48. The number of rotatable bonds is 8. The van der Waals surface area contributed by atoms with Crippen LogP contribution in [0.25, 0.3) is 0 Å². The van der Waals surface area contributed by atoms with Gasteiger partial charge in [0.1, 0.15) is 0 Å². The van der Waals surface area contributed by atoms with E-state index in [1.54, 1.807) is 6.07 Å². The first-order valence-corrected chi connectivity index (χ1v) is 9.88. The zero-order valence-electron chi connectivity index (χ0n) is 15.2. The first-order chi connectivity index (χ1) is 13.4. The maximum atomic E-state index is 13.0. The van der Waals surface area contributed by atoms with Gasteiger partial charge in [0.2, 0.25) is 15.8 Å². The molecule has 0 fully saturated rings. The first-order valence-electron chi connectivity index (χ1n) is 8.40. The van der Waals surface area contributed by atoms with Crippen LogP contribution in [0.2, 0.25) is 0 Å². The molecule has 0 aliphatic rings. The van der Waals surface area contributed by atoms with Crippen molar-refractivity contribution >= 4 is 27.8 Å². The number of hydrogen-bond acceptors (Lipinski definition) is 7. The van der Waals surface area contributed by atoms with Crippen LogP contribution in [0.1, 0.15) is 23.7 Å². The summed E-state index contributed by atoms with van der Waals surface area (Å²) in [4.78, 5) is 31.4. The quantitative estimate of drug-likeness (QED) is 0.392. The second-order valence-corrected chi connectivity index (χ2v) is 7.34. The normalized spacial score (nSPS) is 10.8. The van der Waals surface area contributed by atoms with Crippen molar-refractivity contribution in [3.63, 3.8) is 0 Å². The average Bonchev–Trinajstić information content (AvgIpc) is 2.70. The van der Waals surface area contributed by atoms with Crippen LogP contribution >= 0.6 is 0 Å². The van der Waals surface area contributed by atoms with Gasteiger partial charge in [-0.05, 0) is 24.6 Å². The summed E-state index contributed by atoms with van der Waals surface area (Å²) < 4.78 is 31.1. The van der Waals surface area contributed by atoms with Crippen molar-refractivity contribution in [2.24, 2.45) is 0 Å². The number of aromatic nitrogens is 2. The van der Waals surface area contributed by atoms with E-state index < -0.39 is 21.8 Å². The Balaban J connectivity index is 2.35. The van der Waals surface area contributed by atoms with E-state index in [-0.39, 0.29) is 34.6 Å². The van der Waals surface area contributed by atoms with Crippen LogP contribution in [0.5, 0.6) is 0 Å². The van der Waals surface area contributed by atoms with Gasteiger partial charge in [-0.25, -0.2) is 28.0 Å². The lowest BCUT2D eigenvalue weighted by Gasteiger charge is -2.10. The Hall–Kier alpha value is -3.27. The minimum atomic E-state index is -4.15. The number of carbonyl (C=O) groups is 2. The van der Waals surface area contributed by atoms with E-state index in [4.69, 9.17) is 4.74 Å². The van der Waals surface area contributed by atoms with Crippen molar-refractivity contribution in [1.82, 2.24) is 15.3 Å². The van der Waals surface area contributed by atoms with Crippen molar-refractivity contribution in [1.29, 1.82) is 0 Å². The van der Waals surface area contributed by atoms with Gasteiger partial charge in [-0.15, -0.1) is 6.58 Å². The molecule has 0 saturated carbocycles. The van der Waals surface area contributed by atoms with Crippen LogP contribution in [0.3, 0.4) is 0 Å². The van der Waals surface area contributed by atoms with E-state index in [2.05, 4.69) is 27.2 Å². The summed E-state index contributed by atoms with van der Waals surface area (Å²) in [5.41, 5.74) is -0.0900. The Morgan fingerprint density at radius 3 is 2.71 bits per heavy atom. The van der Waals surface area contributed by atoms with Gasteiger partial charge in [0.25, 0.3) is 0 Å². The molecule has 10 heteroatoms. The highest BCUT2D eigenvalue weighted by molar-refractivity contribution is 7.91. The lowest BCUT2D eigenvalue weighted by molar-refractivity contribution is 0.0500. The fourth-order valence-corrected chi connectivity index (χ4v) is 3.49. The zero-order chi connectivity index (χ0) is 20.6. The molecule has 0 aliphatic heterocycles. The van der Waals surface area contributed by atoms with Crippen LogP contribution in [0.15, 0.2) is 59.1 Å². The van der Waals surface area contributed by atoms with Crippen molar-refractivity contribution in [3.8, 4) is 0 Å². The third kappa shape index (κ3) is 5.13. The minimum absolute atomic E-state index is 0.0900. The van der Waals surface area contributed by atoms with Gasteiger partial charge in [-0.2, -0.15) is 0 Å². The maximum absolute atomic E-state index is 13.0. The molecule has 148 valence electrons. The predicted molar refractivity (Wildman–Crippen MR) is 102 cm³/mol. The van der Waals surface area contributed by atoms with Crippen LogP contribution < -0.4 is 10.6 Å². The third-order valence-electron chi connectivity index (χ3n) is 3.37. The molecule has 0 radical (unpaired) electrons. The molecule has 0 saturated heterocycles. The van der Waals surface area contributed by atoms with E-state index in [0.717, 1.165) is 0 Å². The monoisotopic (exact) mass is 404 g/mol. The Labute approximate surface area is 162 Å². The summed E-state index contributed by atoms with van der Waals surface area (Å²) in [5, 5.41) is 4.42. The molecule has 2 aromatic rings. The molecular weight excluding hydrogens is 384 g/mol. The number of sulfone groups is 1. The second kappa shape index (κ2) is 9.60. The number of esters is 1. The standard InChI is InChI=1S/C18H20N4O5S/c1-3-10-20-18(24)22-17-19-11-9-15(21-17)28(25,26)14-8-6-5-7-13(14)16(23)27-12-4-2/h3,5-9,11H,1,4,10,12H2,2H3,(H2,19,20,21,22,24). The summed E-state index contributed by atoms with van der Waals surface area (Å²) in [6.07, 6.45) is 3.28. The Kier molecular flexibility index (Phi) is 7.21. The molecule has 0 spiro atoms. The molecular formula is C18H20N4O5S. The van der Waals surface area contributed by atoms with Crippen LogP contribution in [0, 0.1) is 0 Å². The molecule has 28 heavy (non-hydrogen) atoms. The molecule has 1 aromatic heterocycles. The van der Waals surface area contributed by atoms with E-state index in [9.17, 15) is 18.0 Å². The van der Waals surface area contributed by atoms with Crippen molar-refractivity contribution in [2.45, 2.75) is 23.3 Å². The average molecular weight is 404 g/mol. The van der Waals surface area contributed by atoms with Crippen LogP contribution in [-0.2, 0) is 14.6 Å². The molecule has 9 nitrogen and oxygen atoms in total. The van der Waals surface area contributed by atoms with Gasteiger partial charge in [-0.1, -0.05) is 25.1 Å². The summed E-state index contributed by atoms with van der Waals surface area (Å²) in [7, 11) is -4.15. The van der Waals surface area contributed by atoms with E-state index in [1.807, 2.05) is 6.92 Å². The van der Waals surface area contributed by atoms with Gasteiger partial charge in [0.15, 0.2) is 5.03 Å². The van der Waals surface area contributed by atoms with Crippen molar-refractivity contribution < 1.29 is 22.7 Å².